The van der Waals surface area contributed by atoms with Gasteiger partial charge in [-0.25, -0.2) is 0 Å². The molecule has 13 heavy (non-hydrogen) atoms. The van der Waals surface area contributed by atoms with Crippen LogP contribution in [0.4, 0.5) is 5.69 Å². The van der Waals surface area contributed by atoms with E-state index in [2.05, 4.69) is 41.2 Å². The first-order chi connectivity index (χ1) is 6.09. The Kier molecular flexibility index (Phi) is 3.75. The third-order valence-electron chi connectivity index (χ3n) is 1.77. The minimum absolute atomic E-state index is 0.505. The Hall–Kier alpha value is -0.540. The molecule has 0 unspecified atom stereocenters. The standard InChI is InChI=1S/C10H15BrN2/c1-7(2)13-6-8-3-4-9(11)10(12)5-8/h3-5,7,13H,6,12H2,1-2H3. The van der Waals surface area contributed by atoms with Crippen molar-refractivity contribution in [2.45, 2.75) is 26.4 Å². The van der Waals surface area contributed by atoms with Crippen molar-refractivity contribution in [1.82, 2.24) is 5.32 Å². The highest BCUT2D eigenvalue weighted by atomic mass is 79.9. The van der Waals surface area contributed by atoms with E-state index >= 15 is 0 Å². The van der Waals surface area contributed by atoms with E-state index in [0.29, 0.717) is 6.04 Å². The van der Waals surface area contributed by atoms with Gasteiger partial charge in [-0.15, -0.1) is 0 Å². The van der Waals surface area contributed by atoms with Gasteiger partial charge >= 0.3 is 0 Å². The Labute approximate surface area is 87.6 Å². The number of benzene rings is 1. The summed E-state index contributed by atoms with van der Waals surface area (Å²) in [5, 5.41) is 3.34. The van der Waals surface area contributed by atoms with Crippen LogP contribution in [0.5, 0.6) is 0 Å². The van der Waals surface area contributed by atoms with Gasteiger partial charge in [0.05, 0.1) is 0 Å². The molecule has 1 aromatic carbocycles. The number of halogens is 1. The lowest BCUT2D eigenvalue weighted by molar-refractivity contribution is 0.589. The van der Waals surface area contributed by atoms with Crippen molar-refractivity contribution >= 4 is 21.6 Å². The number of hydrogen-bond acceptors (Lipinski definition) is 2. The molecule has 0 aliphatic rings. The molecule has 0 aromatic heterocycles. The molecule has 0 atom stereocenters. The molecular weight excluding hydrogens is 228 g/mol. The largest absolute Gasteiger partial charge is 0.398 e. The van der Waals surface area contributed by atoms with Crippen LogP contribution in [0.25, 0.3) is 0 Å². The van der Waals surface area contributed by atoms with Gasteiger partial charge in [-0.3, -0.25) is 0 Å². The summed E-state index contributed by atoms with van der Waals surface area (Å²) in [5.41, 5.74) is 7.76. The van der Waals surface area contributed by atoms with Crippen LogP contribution in [-0.4, -0.2) is 6.04 Å². The van der Waals surface area contributed by atoms with Gasteiger partial charge in [0.1, 0.15) is 0 Å². The van der Waals surface area contributed by atoms with Crippen LogP contribution in [0.2, 0.25) is 0 Å². The van der Waals surface area contributed by atoms with Crippen molar-refractivity contribution in [3.05, 3.63) is 28.2 Å². The third kappa shape index (κ3) is 3.36. The lowest BCUT2D eigenvalue weighted by Crippen LogP contribution is -2.21. The average molecular weight is 243 g/mol. The highest BCUT2D eigenvalue weighted by molar-refractivity contribution is 9.10. The van der Waals surface area contributed by atoms with Gasteiger partial charge in [-0.05, 0) is 33.6 Å². The highest BCUT2D eigenvalue weighted by Gasteiger charge is 1.98. The van der Waals surface area contributed by atoms with E-state index in [1.54, 1.807) is 0 Å². The van der Waals surface area contributed by atoms with Crippen LogP contribution < -0.4 is 11.1 Å². The van der Waals surface area contributed by atoms with E-state index in [9.17, 15) is 0 Å². The predicted molar refractivity (Wildman–Crippen MR) is 60.5 cm³/mol. The number of rotatable bonds is 3. The number of anilines is 1. The first-order valence-electron chi connectivity index (χ1n) is 4.37. The van der Waals surface area contributed by atoms with E-state index in [4.69, 9.17) is 5.73 Å². The summed E-state index contributed by atoms with van der Waals surface area (Å²) in [6, 6.07) is 6.53. The topological polar surface area (TPSA) is 38.0 Å². The molecule has 0 amide bonds. The number of nitrogens with one attached hydrogen (secondary N) is 1. The fourth-order valence-electron chi connectivity index (χ4n) is 1.03. The van der Waals surface area contributed by atoms with Gasteiger partial charge in [0.25, 0.3) is 0 Å². The molecule has 0 saturated carbocycles. The van der Waals surface area contributed by atoms with Gasteiger partial charge in [0.2, 0.25) is 0 Å². The minimum atomic E-state index is 0.505. The SMILES string of the molecule is CC(C)NCc1ccc(Br)c(N)c1. The van der Waals surface area contributed by atoms with Crippen molar-refractivity contribution in [3.8, 4) is 0 Å². The molecule has 1 aromatic rings. The molecule has 72 valence electrons. The maximum Gasteiger partial charge on any atom is 0.0461 e. The zero-order valence-corrected chi connectivity index (χ0v) is 9.56. The van der Waals surface area contributed by atoms with Crippen LogP contribution in [0.15, 0.2) is 22.7 Å². The molecule has 0 saturated heterocycles. The van der Waals surface area contributed by atoms with Crippen molar-refractivity contribution in [2.75, 3.05) is 5.73 Å². The van der Waals surface area contributed by atoms with Crippen LogP contribution in [-0.2, 0) is 6.54 Å². The fraction of sp³-hybridized carbons (Fsp3) is 0.400. The van der Waals surface area contributed by atoms with Crippen LogP contribution in [0, 0.1) is 0 Å². The number of nitrogen functional groups attached to an aromatic ring is 1. The Morgan fingerprint density at radius 1 is 1.46 bits per heavy atom. The summed E-state index contributed by atoms with van der Waals surface area (Å²) < 4.78 is 0.959. The smallest absolute Gasteiger partial charge is 0.0461 e. The first-order valence-corrected chi connectivity index (χ1v) is 5.16. The number of hydrogen-bond donors (Lipinski definition) is 2. The second kappa shape index (κ2) is 4.63. The molecule has 3 heteroatoms. The number of nitrogens with two attached hydrogens (primary N) is 1. The van der Waals surface area contributed by atoms with Gasteiger partial charge in [-0.2, -0.15) is 0 Å². The Morgan fingerprint density at radius 3 is 2.69 bits per heavy atom. The molecule has 2 nitrogen and oxygen atoms in total. The van der Waals surface area contributed by atoms with Crippen LogP contribution in [0.1, 0.15) is 19.4 Å². The van der Waals surface area contributed by atoms with Gasteiger partial charge < -0.3 is 11.1 Å². The maximum atomic E-state index is 5.75. The van der Waals surface area contributed by atoms with Crippen molar-refractivity contribution in [2.24, 2.45) is 0 Å². The molecule has 1 rings (SSSR count). The van der Waals surface area contributed by atoms with Crippen molar-refractivity contribution in [3.63, 3.8) is 0 Å². The maximum absolute atomic E-state index is 5.75. The van der Waals surface area contributed by atoms with Gasteiger partial charge in [-0.1, -0.05) is 19.9 Å². The molecule has 3 N–H and O–H groups in total. The molecule has 0 fully saturated rings. The molecule has 0 aliphatic heterocycles. The lowest BCUT2D eigenvalue weighted by Gasteiger charge is -2.08. The fourth-order valence-corrected chi connectivity index (χ4v) is 1.27. The summed E-state index contributed by atoms with van der Waals surface area (Å²) in [6.45, 7) is 5.12. The predicted octanol–water partition coefficient (Wildman–Crippen LogP) is 2.53. The molecule has 0 radical (unpaired) electrons. The summed E-state index contributed by atoms with van der Waals surface area (Å²) in [5.74, 6) is 0. The van der Waals surface area contributed by atoms with Crippen molar-refractivity contribution in [1.29, 1.82) is 0 Å². The van der Waals surface area contributed by atoms with E-state index in [1.807, 2.05) is 12.1 Å². The quantitative estimate of drug-likeness (QED) is 0.800. The summed E-state index contributed by atoms with van der Waals surface area (Å²) in [4.78, 5) is 0. The van der Waals surface area contributed by atoms with Crippen molar-refractivity contribution < 1.29 is 0 Å². The highest BCUT2D eigenvalue weighted by Crippen LogP contribution is 2.19. The second-order valence-electron chi connectivity index (χ2n) is 3.39. The molecule has 0 bridgehead atoms. The minimum Gasteiger partial charge on any atom is -0.398 e. The van der Waals surface area contributed by atoms with Gasteiger partial charge in [0.15, 0.2) is 0 Å². The lowest BCUT2D eigenvalue weighted by atomic mass is 10.2. The van der Waals surface area contributed by atoms with Crippen LogP contribution in [0.3, 0.4) is 0 Å². The molecule has 0 aliphatic carbocycles. The Morgan fingerprint density at radius 2 is 2.15 bits per heavy atom. The Bertz CT molecular complexity index is 284. The molecule has 0 spiro atoms. The second-order valence-corrected chi connectivity index (χ2v) is 4.25. The first kappa shape index (κ1) is 10.5. The molecular formula is C10H15BrN2. The molecule has 0 heterocycles. The third-order valence-corrected chi connectivity index (χ3v) is 2.50. The van der Waals surface area contributed by atoms with E-state index < -0.39 is 0 Å². The van der Waals surface area contributed by atoms with E-state index in [-0.39, 0.29) is 0 Å². The summed E-state index contributed by atoms with van der Waals surface area (Å²) in [6.07, 6.45) is 0. The zero-order chi connectivity index (χ0) is 9.84. The van der Waals surface area contributed by atoms with Gasteiger partial charge in [0, 0.05) is 22.7 Å². The monoisotopic (exact) mass is 242 g/mol. The average Bonchev–Trinajstić information content (AvgIpc) is 2.07. The Balaban J connectivity index is 2.63. The summed E-state index contributed by atoms with van der Waals surface area (Å²) in [7, 11) is 0. The normalized spacial score (nSPS) is 10.8. The summed E-state index contributed by atoms with van der Waals surface area (Å²) >= 11 is 3.36. The van der Waals surface area contributed by atoms with E-state index in [1.165, 1.54) is 5.56 Å². The zero-order valence-electron chi connectivity index (χ0n) is 7.97. The van der Waals surface area contributed by atoms with Crippen LogP contribution >= 0.6 is 15.9 Å². The van der Waals surface area contributed by atoms with E-state index in [0.717, 1.165) is 16.7 Å².